The normalized spacial score (nSPS) is 11.3. The summed E-state index contributed by atoms with van der Waals surface area (Å²) in [6, 6.07) is 3.06. The molecule has 2 N–H and O–H groups in total. The number of carbonyl (C=O) groups is 1. The number of nitrogens with one attached hydrogen (secondary N) is 1. The number of aliphatic carboxylic acids is 1. The van der Waals surface area contributed by atoms with Crippen molar-refractivity contribution in [1.82, 2.24) is 15.0 Å². The predicted molar refractivity (Wildman–Crippen MR) is 62.8 cm³/mol. The highest BCUT2D eigenvalue weighted by molar-refractivity contribution is 7.94. The van der Waals surface area contributed by atoms with E-state index >= 15 is 0 Å². The summed E-state index contributed by atoms with van der Waals surface area (Å²) in [5, 5.41) is 17.5. The first-order chi connectivity index (χ1) is 8.47. The van der Waals surface area contributed by atoms with Crippen molar-refractivity contribution in [2.75, 3.05) is 4.72 Å². The molecule has 96 valence electrons. The smallest absolute Gasteiger partial charge is 0.327 e. The van der Waals surface area contributed by atoms with E-state index in [1.54, 1.807) is 11.4 Å². The zero-order valence-corrected chi connectivity index (χ0v) is 10.5. The number of sulfonamides is 1. The average molecular weight is 288 g/mol. The lowest BCUT2D eigenvalue weighted by Gasteiger charge is -2.01. The van der Waals surface area contributed by atoms with Gasteiger partial charge in [0.2, 0.25) is 0 Å². The maximum Gasteiger partial charge on any atom is 0.327 e. The highest BCUT2D eigenvalue weighted by Gasteiger charge is 2.17. The van der Waals surface area contributed by atoms with Crippen LogP contribution in [0.25, 0.3) is 0 Å². The molecule has 10 heteroatoms. The Labute approximate surface area is 106 Å². The molecular weight excluding hydrogens is 280 g/mol. The van der Waals surface area contributed by atoms with Crippen LogP contribution in [0.1, 0.15) is 0 Å². The van der Waals surface area contributed by atoms with E-state index in [0.717, 1.165) is 22.3 Å². The Morgan fingerprint density at radius 1 is 1.56 bits per heavy atom. The molecule has 18 heavy (non-hydrogen) atoms. The molecule has 0 unspecified atom stereocenters. The van der Waals surface area contributed by atoms with Crippen LogP contribution in [0.2, 0.25) is 0 Å². The van der Waals surface area contributed by atoms with E-state index in [2.05, 4.69) is 14.9 Å². The summed E-state index contributed by atoms with van der Waals surface area (Å²) in [6.45, 7) is -0.430. The van der Waals surface area contributed by atoms with E-state index in [-0.39, 0.29) is 10.0 Å². The highest BCUT2D eigenvalue weighted by Crippen LogP contribution is 2.18. The highest BCUT2D eigenvalue weighted by atomic mass is 32.2. The lowest BCUT2D eigenvalue weighted by atomic mass is 10.7. The van der Waals surface area contributed by atoms with Gasteiger partial charge in [0.05, 0.1) is 6.20 Å². The third-order valence-corrected chi connectivity index (χ3v) is 4.56. The second kappa shape index (κ2) is 4.74. The molecule has 0 aliphatic heterocycles. The number of hydrogen-bond donors (Lipinski definition) is 2. The first-order valence-electron chi connectivity index (χ1n) is 4.65. The van der Waals surface area contributed by atoms with Gasteiger partial charge in [0.1, 0.15) is 4.21 Å². The number of aromatic nitrogens is 3. The molecule has 0 saturated heterocycles. The molecule has 2 aromatic heterocycles. The van der Waals surface area contributed by atoms with Crippen molar-refractivity contribution in [3.8, 4) is 0 Å². The van der Waals surface area contributed by atoms with Crippen LogP contribution >= 0.6 is 11.3 Å². The minimum atomic E-state index is -3.68. The number of carboxylic acids is 1. The minimum absolute atomic E-state index is 0.0235. The monoisotopic (exact) mass is 288 g/mol. The van der Waals surface area contributed by atoms with Gasteiger partial charge in [-0.25, -0.2) is 8.42 Å². The fourth-order valence-corrected chi connectivity index (χ4v) is 3.12. The Bertz CT molecular complexity index is 646. The second-order valence-electron chi connectivity index (χ2n) is 3.19. The summed E-state index contributed by atoms with van der Waals surface area (Å²) < 4.78 is 26.0. The second-order valence-corrected chi connectivity index (χ2v) is 6.05. The molecular formula is C8H8N4O4S2. The van der Waals surface area contributed by atoms with Crippen LogP contribution < -0.4 is 4.72 Å². The third kappa shape index (κ3) is 2.84. The zero-order valence-electron chi connectivity index (χ0n) is 8.85. The number of hydrogen-bond acceptors (Lipinski definition) is 6. The first-order valence-corrected chi connectivity index (χ1v) is 7.02. The Morgan fingerprint density at radius 2 is 2.33 bits per heavy atom. The third-order valence-electron chi connectivity index (χ3n) is 1.81. The summed E-state index contributed by atoms with van der Waals surface area (Å²) in [7, 11) is -3.68. The summed E-state index contributed by atoms with van der Waals surface area (Å²) in [5.41, 5.74) is 0. The molecule has 2 heterocycles. The van der Waals surface area contributed by atoms with Gasteiger partial charge in [-0.15, -0.1) is 16.4 Å². The fraction of sp³-hybridized carbons (Fsp3) is 0.125. The molecule has 0 fully saturated rings. The largest absolute Gasteiger partial charge is 0.480 e. The Morgan fingerprint density at radius 3 is 2.94 bits per heavy atom. The maximum absolute atomic E-state index is 11.8. The molecule has 0 aliphatic rings. The maximum atomic E-state index is 11.8. The van der Waals surface area contributed by atoms with E-state index in [0.29, 0.717) is 0 Å². The van der Waals surface area contributed by atoms with Gasteiger partial charge < -0.3 is 5.11 Å². The molecule has 0 bridgehead atoms. The van der Waals surface area contributed by atoms with Gasteiger partial charge in [-0.05, 0) is 11.4 Å². The standard InChI is InChI=1S/C8H8N4O4S2/c13-7(14)5-12-9-4-6(10-12)11-18(15,16)8-2-1-3-17-8/h1-4H,5H2,(H,10,11)(H,13,14). The van der Waals surface area contributed by atoms with Crippen LogP contribution in [-0.4, -0.2) is 34.5 Å². The summed E-state index contributed by atoms with van der Waals surface area (Å²) in [5.74, 6) is -1.14. The quantitative estimate of drug-likeness (QED) is 0.813. The average Bonchev–Trinajstić information content (AvgIpc) is 2.87. The number of carboxylic acid groups (broad SMARTS) is 1. The summed E-state index contributed by atoms with van der Waals surface area (Å²) >= 11 is 1.07. The van der Waals surface area contributed by atoms with Crippen molar-refractivity contribution >= 4 is 33.1 Å². The number of rotatable bonds is 5. The fourth-order valence-electron chi connectivity index (χ4n) is 1.15. The van der Waals surface area contributed by atoms with Crippen LogP contribution in [0, 0.1) is 0 Å². The van der Waals surface area contributed by atoms with Gasteiger partial charge in [0, 0.05) is 0 Å². The first kappa shape index (κ1) is 12.5. The Hall–Kier alpha value is -1.94. The number of thiophene rings is 1. The van der Waals surface area contributed by atoms with Crippen molar-refractivity contribution in [3.63, 3.8) is 0 Å². The molecule has 2 rings (SSSR count). The van der Waals surface area contributed by atoms with Gasteiger partial charge in [-0.1, -0.05) is 6.07 Å². The molecule has 0 radical (unpaired) electrons. The molecule has 2 aromatic rings. The van der Waals surface area contributed by atoms with Gasteiger partial charge >= 0.3 is 5.97 Å². The number of nitrogens with zero attached hydrogens (tertiary/aromatic N) is 3. The van der Waals surface area contributed by atoms with Crippen LogP contribution in [0.15, 0.2) is 27.9 Å². The van der Waals surface area contributed by atoms with E-state index in [1.165, 1.54) is 6.07 Å². The minimum Gasteiger partial charge on any atom is -0.480 e. The van der Waals surface area contributed by atoms with E-state index in [4.69, 9.17) is 5.11 Å². The lowest BCUT2D eigenvalue weighted by molar-refractivity contribution is -0.138. The van der Waals surface area contributed by atoms with Gasteiger partial charge in [-0.3, -0.25) is 9.52 Å². The van der Waals surface area contributed by atoms with E-state index in [9.17, 15) is 13.2 Å². The number of anilines is 1. The SMILES string of the molecule is O=C(O)Cn1ncc(NS(=O)(=O)c2cccs2)n1. The van der Waals surface area contributed by atoms with E-state index in [1.807, 2.05) is 0 Å². The topological polar surface area (TPSA) is 114 Å². The van der Waals surface area contributed by atoms with Crippen LogP contribution in [0.3, 0.4) is 0 Å². The molecule has 0 aliphatic carbocycles. The Balaban J connectivity index is 2.15. The zero-order chi connectivity index (χ0) is 13.2. The van der Waals surface area contributed by atoms with Crippen LogP contribution in [-0.2, 0) is 21.4 Å². The summed E-state index contributed by atoms with van der Waals surface area (Å²) in [4.78, 5) is 11.3. The van der Waals surface area contributed by atoms with Crippen molar-refractivity contribution in [2.24, 2.45) is 0 Å². The molecule has 0 saturated carbocycles. The molecule has 0 amide bonds. The van der Waals surface area contributed by atoms with Gasteiger partial charge in [-0.2, -0.15) is 9.90 Å². The van der Waals surface area contributed by atoms with Gasteiger partial charge in [0.25, 0.3) is 10.0 Å². The Kier molecular flexibility index (Phi) is 3.30. The van der Waals surface area contributed by atoms with Crippen LogP contribution in [0.4, 0.5) is 5.82 Å². The predicted octanol–water partition coefficient (Wildman–Crippen LogP) is 0.225. The van der Waals surface area contributed by atoms with Crippen LogP contribution in [0.5, 0.6) is 0 Å². The van der Waals surface area contributed by atoms with Crippen molar-refractivity contribution in [1.29, 1.82) is 0 Å². The van der Waals surface area contributed by atoms with Crippen molar-refractivity contribution in [2.45, 2.75) is 10.8 Å². The van der Waals surface area contributed by atoms with Crippen molar-refractivity contribution in [3.05, 3.63) is 23.7 Å². The molecule has 0 aromatic carbocycles. The molecule has 0 atom stereocenters. The van der Waals surface area contributed by atoms with Crippen molar-refractivity contribution < 1.29 is 18.3 Å². The van der Waals surface area contributed by atoms with Gasteiger partial charge in [0.15, 0.2) is 12.4 Å². The molecule has 8 nitrogen and oxygen atoms in total. The molecule has 0 spiro atoms. The van der Waals surface area contributed by atoms with E-state index < -0.39 is 22.5 Å². The summed E-state index contributed by atoms with van der Waals surface area (Å²) in [6.07, 6.45) is 1.15. The lowest BCUT2D eigenvalue weighted by Crippen LogP contribution is -2.14.